The van der Waals surface area contributed by atoms with Gasteiger partial charge in [0.15, 0.2) is 9.84 Å². The summed E-state index contributed by atoms with van der Waals surface area (Å²) in [6, 6.07) is 7.07. The predicted molar refractivity (Wildman–Crippen MR) is 75.1 cm³/mol. The van der Waals surface area contributed by atoms with Gasteiger partial charge in [0.25, 0.3) is 0 Å². The Bertz CT molecular complexity index is 518. The Hall–Kier alpha value is -0.740. The zero-order valence-corrected chi connectivity index (χ0v) is 12.0. The molecule has 0 unspecified atom stereocenters. The largest absolute Gasteiger partial charge is 0.377 e. The van der Waals surface area contributed by atoms with Crippen LogP contribution >= 0.6 is 11.6 Å². The monoisotopic (exact) mass is 287 g/mol. The van der Waals surface area contributed by atoms with Crippen molar-refractivity contribution < 1.29 is 8.42 Å². The van der Waals surface area contributed by atoms with E-state index in [1.165, 1.54) is 0 Å². The molecule has 0 heterocycles. The smallest absolute Gasteiger partial charge is 0.180 e. The quantitative estimate of drug-likeness (QED) is 0.847. The van der Waals surface area contributed by atoms with Crippen molar-refractivity contribution in [1.29, 1.82) is 0 Å². The molecule has 0 aliphatic heterocycles. The van der Waals surface area contributed by atoms with Gasteiger partial charge in [0.2, 0.25) is 0 Å². The van der Waals surface area contributed by atoms with Gasteiger partial charge >= 0.3 is 0 Å². The third kappa shape index (κ3) is 2.50. The second-order valence-corrected chi connectivity index (χ2v) is 7.31. The molecule has 18 heavy (non-hydrogen) atoms. The molecule has 0 aromatic heterocycles. The summed E-state index contributed by atoms with van der Waals surface area (Å²) in [7, 11) is -3.20. The molecule has 100 valence electrons. The number of halogens is 1. The molecule has 0 atom stereocenters. The molecule has 0 saturated heterocycles. The highest BCUT2D eigenvalue weighted by Gasteiger charge is 2.36. The number of sulfone groups is 1. The van der Waals surface area contributed by atoms with Crippen molar-refractivity contribution in [2.24, 2.45) is 0 Å². The first-order valence-corrected chi connectivity index (χ1v) is 8.38. The molecular formula is C13H18ClNO2S. The van der Waals surface area contributed by atoms with E-state index in [1.807, 2.05) is 12.1 Å². The molecule has 1 aliphatic rings. The summed E-state index contributed by atoms with van der Waals surface area (Å²) in [6.45, 7) is 1.66. The molecule has 1 aliphatic carbocycles. The van der Waals surface area contributed by atoms with E-state index in [2.05, 4.69) is 5.32 Å². The maximum Gasteiger partial charge on any atom is 0.180 e. The SMILES string of the molecule is CCS(=O)(=O)c1ccccc1NC1(CCl)CCC1. The number of nitrogens with one attached hydrogen (secondary N) is 1. The van der Waals surface area contributed by atoms with Gasteiger partial charge in [-0.2, -0.15) is 0 Å². The summed E-state index contributed by atoms with van der Waals surface area (Å²) in [5.41, 5.74) is 0.556. The molecule has 5 heteroatoms. The van der Waals surface area contributed by atoms with Crippen LogP contribution in [-0.4, -0.2) is 25.6 Å². The summed E-state index contributed by atoms with van der Waals surface area (Å²) in [5.74, 6) is 0.618. The van der Waals surface area contributed by atoms with E-state index >= 15 is 0 Å². The van der Waals surface area contributed by atoms with Crippen LogP contribution in [0.15, 0.2) is 29.2 Å². The predicted octanol–water partition coefficient (Wildman–Crippen LogP) is 3.05. The number of benzene rings is 1. The lowest BCUT2D eigenvalue weighted by Crippen LogP contribution is -2.47. The van der Waals surface area contributed by atoms with E-state index in [1.54, 1.807) is 19.1 Å². The van der Waals surface area contributed by atoms with Crippen LogP contribution in [-0.2, 0) is 9.84 Å². The fraction of sp³-hybridized carbons (Fsp3) is 0.538. The van der Waals surface area contributed by atoms with Crippen molar-refractivity contribution in [1.82, 2.24) is 0 Å². The lowest BCUT2D eigenvalue weighted by Gasteiger charge is -2.42. The van der Waals surface area contributed by atoms with Crippen LogP contribution in [0.5, 0.6) is 0 Å². The van der Waals surface area contributed by atoms with Crippen LogP contribution in [0.4, 0.5) is 5.69 Å². The first-order valence-electron chi connectivity index (χ1n) is 6.19. The molecule has 1 saturated carbocycles. The average molecular weight is 288 g/mol. The second-order valence-electron chi connectivity index (χ2n) is 4.79. The van der Waals surface area contributed by atoms with E-state index in [0.29, 0.717) is 16.5 Å². The zero-order chi connectivity index (χ0) is 13.2. The van der Waals surface area contributed by atoms with Crippen molar-refractivity contribution in [3.05, 3.63) is 24.3 Å². The molecule has 2 rings (SSSR count). The Labute approximate surface area is 113 Å². The highest BCUT2D eigenvalue weighted by molar-refractivity contribution is 7.91. The lowest BCUT2D eigenvalue weighted by molar-refractivity contribution is 0.310. The molecule has 3 nitrogen and oxygen atoms in total. The number of rotatable bonds is 5. The van der Waals surface area contributed by atoms with Gasteiger partial charge < -0.3 is 5.32 Å². The van der Waals surface area contributed by atoms with Crippen LogP contribution in [0, 0.1) is 0 Å². The van der Waals surface area contributed by atoms with Crippen LogP contribution in [0.25, 0.3) is 0 Å². The third-order valence-electron chi connectivity index (χ3n) is 3.57. The number of hydrogen-bond acceptors (Lipinski definition) is 3. The lowest BCUT2D eigenvalue weighted by atomic mass is 9.78. The van der Waals surface area contributed by atoms with E-state index in [9.17, 15) is 8.42 Å². The Morgan fingerprint density at radius 1 is 1.33 bits per heavy atom. The molecule has 0 bridgehead atoms. The summed E-state index contributed by atoms with van der Waals surface area (Å²) in [4.78, 5) is 0.379. The zero-order valence-electron chi connectivity index (χ0n) is 10.4. The number of alkyl halides is 1. The van der Waals surface area contributed by atoms with Crippen molar-refractivity contribution in [2.45, 2.75) is 36.6 Å². The summed E-state index contributed by atoms with van der Waals surface area (Å²) >= 11 is 6.00. The third-order valence-corrected chi connectivity index (χ3v) is 5.87. The topological polar surface area (TPSA) is 46.2 Å². The second kappa shape index (κ2) is 5.10. The molecule has 1 aromatic rings. The molecule has 0 radical (unpaired) electrons. The first-order chi connectivity index (χ1) is 8.53. The normalized spacial score (nSPS) is 18.1. The minimum atomic E-state index is -3.20. The Balaban J connectivity index is 2.34. The van der Waals surface area contributed by atoms with Gasteiger partial charge in [0, 0.05) is 5.88 Å². The standard InChI is InChI=1S/C13H18ClNO2S/c1-2-18(16,17)12-7-4-3-6-11(12)15-13(10-14)8-5-9-13/h3-4,6-7,15H,2,5,8-10H2,1H3. The summed E-state index contributed by atoms with van der Waals surface area (Å²) in [6.07, 6.45) is 3.14. The van der Waals surface area contributed by atoms with Gasteiger partial charge in [-0.3, -0.25) is 0 Å². The van der Waals surface area contributed by atoms with Gasteiger partial charge in [0.1, 0.15) is 0 Å². The Morgan fingerprint density at radius 2 is 2.00 bits per heavy atom. The van der Waals surface area contributed by atoms with Gasteiger partial charge in [-0.25, -0.2) is 8.42 Å². The van der Waals surface area contributed by atoms with Gasteiger partial charge in [-0.15, -0.1) is 11.6 Å². The maximum atomic E-state index is 12.0. The van der Waals surface area contributed by atoms with Crippen LogP contribution < -0.4 is 5.32 Å². The fourth-order valence-corrected chi connectivity index (χ4v) is 3.56. The number of para-hydroxylation sites is 1. The van der Waals surface area contributed by atoms with Crippen molar-refractivity contribution in [2.75, 3.05) is 16.9 Å². The Morgan fingerprint density at radius 3 is 2.50 bits per heavy atom. The van der Waals surface area contributed by atoms with Crippen LogP contribution in [0.3, 0.4) is 0 Å². The maximum absolute atomic E-state index is 12.0. The highest BCUT2D eigenvalue weighted by atomic mass is 35.5. The van der Waals surface area contributed by atoms with Crippen molar-refractivity contribution >= 4 is 27.1 Å². The van der Waals surface area contributed by atoms with E-state index in [-0.39, 0.29) is 11.3 Å². The van der Waals surface area contributed by atoms with Gasteiger partial charge in [0.05, 0.1) is 21.9 Å². The van der Waals surface area contributed by atoms with Crippen LogP contribution in [0.2, 0.25) is 0 Å². The minimum absolute atomic E-state index is 0.111. The van der Waals surface area contributed by atoms with Crippen molar-refractivity contribution in [3.63, 3.8) is 0 Å². The average Bonchev–Trinajstić information content (AvgIpc) is 2.34. The van der Waals surface area contributed by atoms with E-state index in [4.69, 9.17) is 11.6 Å². The number of hydrogen-bond donors (Lipinski definition) is 1. The molecular weight excluding hydrogens is 270 g/mol. The van der Waals surface area contributed by atoms with E-state index in [0.717, 1.165) is 19.3 Å². The van der Waals surface area contributed by atoms with Crippen LogP contribution in [0.1, 0.15) is 26.2 Å². The van der Waals surface area contributed by atoms with Crippen molar-refractivity contribution in [3.8, 4) is 0 Å². The van der Waals surface area contributed by atoms with E-state index < -0.39 is 9.84 Å². The highest BCUT2D eigenvalue weighted by Crippen LogP contribution is 2.37. The van der Waals surface area contributed by atoms with Gasteiger partial charge in [-0.05, 0) is 31.4 Å². The number of anilines is 1. The molecule has 1 aromatic carbocycles. The molecule has 0 amide bonds. The first kappa shape index (κ1) is 13.7. The summed E-state index contributed by atoms with van der Waals surface area (Å²) in [5, 5.41) is 3.34. The molecule has 1 fully saturated rings. The molecule has 0 spiro atoms. The minimum Gasteiger partial charge on any atom is -0.377 e. The fourth-order valence-electron chi connectivity index (χ4n) is 2.18. The Kier molecular flexibility index (Phi) is 3.87. The van der Waals surface area contributed by atoms with Gasteiger partial charge in [-0.1, -0.05) is 19.1 Å². The summed E-state index contributed by atoms with van der Waals surface area (Å²) < 4.78 is 24.1. The molecule has 1 N–H and O–H groups in total.